The highest BCUT2D eigenvalue weighted by atomic mass is 35.5. The van der Waals surface area contributed by atoms with Crippen molar-refractivity contribution < 1.29 is 9.47 Å². The maximum Gasteiger partial charge on any atom is 0.197 e. The number of nitrogens with zero attached hydrogens (tertiary/aromatic N) is 2. The summed E-state index contributed by atoms with van der Waals surface area (Å²) in [7, 11) is 3.45. The van der Waals surface area contributed by atoms with Gasteiger partial charge in [0.1, 0.15) is 18.5 Å². The van der Waals surface area contributed by atoms with Gasteiger partial charge in [0.05, 0.1) is 12.3 Å². The van der Waals surface area contributed by atoms with Crippen LogP contribution in [0.3, 0.4) is 0 Å². The molecular formula is C18H21ClN4O2. The first-order chi connectivity index (χ1) is 12.0. The molecule has 25 heavy (non-hydrogen) atoms. The first-order valence-electron chi connectivity index (χ1n) is 7.89. The van der Waals surface area contributed by atoms with E-state index in [9.17, 15) is 0 Å². The minimum absolute atomic E-state index is 0.316. The third-order valence-corrected chi connectivity index (χ3v) is 4.40. The third-order valence-electron chi connectivity index (χ3n) is 4.16. The summed E-state index contributed by atoms with van der Waals surface area (Å²) in [5, 5.41) is 0.611. The summed E-state index contributed by atoms with van der Waals surface area (Å²) in [6.07, 6.45) is -0.316. The monoisotopic (exact) mass is 360 g/mol. The van der Waals surface area contributed by atoms with E-state index >= 15 is 0 Å². The van der Waals surface area contributed by atoms with Crippen LogP contribution >= 0.6 is 11.6 Å². The van der Waals surface area contributed by atoms with Gasteiger partial charge in [0, 0.05) is 30.3 Å². The summed E-state index contributed by atoms with van der Waals surface area (Å²) in [5.41, 5.74) is 15.7. The van der Waals surface area contributed by atoms with Gasteiger partial charge in [-0.05, 0) is 29.8 Å². The average Bonchev–Trinajstić information content (AvgIpc) is 2.60. The highest BCUT2D eigenvalue weighted by molar-refractivity contribution is 6.30. The van der Waals surface area contributed by atoms with Crippen molar-refractivity contribution in [2.45, 2.75) is 6.17 Å². The largest absolute Gasteiger partial charge is 0.490 e. The Bertz CT molecular complexity index is 810. The zero-order valence-electron chi connectivity index (χ0n) is 14.2. The van der Waals surface area contributed by atoms with Gasteiger partial charge in [-0.15, -0.1) is 0 Å². The molecule has 2 aromatic carbocycles. The number of methoxy groups -OCH3 is 1. The zero-order chi connectivity index (χ0) is 18.0. The van der Waals surface area contributed by atoms with Crippen LogP contribution in [0.15, 0.2) is 41.4 Å². The molecule has 1 aliphatic rings. The van der Waals surface area contributed by atoms with E-state index < -0.39 is 0 Å². The predicted molar refractivity (Wildman–Crippen MR) is 100 cm³/mol. The third kappa shape index (κ3) is 3.56. The van der Waals surface area contributed by atoms with Crippen molar-refractivity contribution in [3.8, 4) is 16.9 Å². The molecule has 6 nitrogen and oxygen atoms in total. The molecule has 0 spiro atoms. The Balaban J connectivity index is 2.00. The van der Waals surface area contributed by atoms with Gasteiger partial charge in [0.25, 0.3) is 0 Å². The molecule has 3 rings (SSSR count). The van der Waals surface area contributed by atoms with Crippen LogP contribution < -0.4 is 16.2 Å². The fourth-order valence-electron chi connectivity index (χ4n) is 2.70. The Kier molecular flexibility index (Phi) is 5.13. The van der Waals surface area contributed by atoms with Crippen LogP contribution in [0.5, 0.6) is 5.75 Å². The Morgan fingerprint density at radius 1 is 1.20 bits per heavy atom. The number of nitrogens with two attached hydrogens (primary N) is 2. The summed E-state index contributed by atoms with van der Waals surface area (Å²) in [6.45, 7) is 0.938. The molecule has 0 saturated heterocycles. The maximum atomic E-state index is 6.21. The van der Waals surface area contributed by atoms with Crippen LogP contribution in [-0.4, -0.2) is 38.2 Å². The Hall–Kier alpha value is -2.28. The van der Waals surface area contributed by atoms with Gasteiger partial charge in [-0.3, -0.25) is 0 Å². The number of hydrogen-bond donors (Lipinski definition) is 2. The second-order valence-corrected chi connectivity index (χ2v) is 6.22. The lowest BCUT2D eigenvalue weighted by Crippen LogP contribution is -2.42. The number of guanidine groups is 1. The quantitative estimate of drug-likeness (QED) is 0.801. The Labute approximate surface area is 152 Å². The number of benzene rings is 2. The fourth-order valence-corrected chi connectivity index (χ4v) is 2.86. The van der Waals surface area contributed by atoms with Gasteiger partial charge < -0.3 is 25.8 Å². The van der Waals surface area contributed by atoms with Crippen LogP contribution in [0.2, 0.25) is 5.02 Å². The number of fused-ring (bicyclic) bond motifs is 1. The minimum Gasteiger partial charge on any atom is -0.490 e. The molecule has 0 saturated carbocycles. The van der Waals surface area contributed by atoms with E-state index in [1.807, 2.05) is 37.4 Å². The maximum absolute atomic E-state index is 6.21. The lowest BCUT2D eigenvalue weighted by Gasteiger charge is -2.31. The smallest absolute Gasteiger partial charge is 0.197 e. The van der Waals surface area contributed by atoms with E-state index in [1.54, 1.807) is 18.1 Å². The number of halogens is 1. The summed E-state index contributed by atoms with van der Waals surface area (Å²) in [6, 6.07) is 11.5. The number of aliphatic imine (C=N–C) groups is 1. The number of hydrogen-bond acceptors (Lipinski definition) is 6. The van der Waals surface area contributed by atoms with Crippen molar-refractivity contribution in [1.82, 2.24) is 4.90 Å². The van der Waals surface area contributed by atoms with Crippen LogP contribution in [0, 0.1) is 0 Å². The molecule has 0 radical (unpaired) electrons. The van der Waals surface area contributed by atoms with Crippen molar-refractivity contribution in [2.24, 2.45) is 16.5 Å². The van der Waals surface area contributed by atoms with Gasteiger partial charge in [-0.2, -0.15) is 0 Å². The van der Waals surface area contributed by atoms with E-state index in [0.717, 1.165) is 22.4 Å². The summed E-state index contributed by atoms with van der Waals surface area (Å²) in [4.78, 5) is 6.18. The highest BCUT2D eigenvalue weighted by Gasteiger charge is 2.23. The van der Waals surface area contributed by atoms with E-state index in [-0.39, 0.29) is 6.17 Å². The summed E-state index contributed by atoms with van der Waals surface area (Å²) < 4.78 is 10.9. The predicted octanol–water partition coefficient (Wildman–Crippen LogP) is 2.88. The van der Waals surface area contributed by atoms with Crippen LogP contribution in [0.4, 0.5) is 5.69 Å². The van der Waals surface area contributed by atoms with Crippen molar-refractivity contribution in [1.29, 1.82) is 0 Å². The van der Waals surface area contributed by atoms with E-state index in [0.29, 0.717) is 29.9 Å². The Morgan fingerprint density at radius 3 is 2.76 bits per heavy atom. The van der Waals surface area contributed by atoms with Crippen molar-refractivity contribution in [2.75, 3.05) is 27.4 Å². The molecule has 2 aromatic rings. The first-order valence-corrected chi connectivity index (χ1v) is 8.27. The number of ether oxygens (including phenoxy) is 2. The van der Waals surface area contributed by atoms with E-state index in [2.05, 4.69) is 4.99 Å². The molecule has 4 N–H and O–H groups in total. The van der Waals surface area contributed by atoms with E-state index in [4.69, 9.17) is 32.5 Å². The van der Waals surface area contributed by atoms with Crippen LogP contribution in [-0.2, 0) is 4.74 Å². The lowest BCUT2D eigenvalue weighted by atomic mass is 9.99. The van der Waals surface area contributed by atoms with Crippen LogP contribution in [0.25, 0.3) is 11.1 Å². The standard InChI is InChI=1S/C18H21ClN4O2/c1-23-17(20)14-5-3-11(9-15(14)22-18(23)21)13-6-4-12(19)10-16(13)25-8-7-24-2/h3-6,9-10,17H,7-8,20H2,1-2H3,(H2,21,22). The molecule has 1 heterocycles. The molecule has 0 bridgehead atoms. The average molecular weight is 361 g/mol. The topological polar surface area (TPSA) is 86.1 Å². The van der Waals surface area contributed by atoms with Gasteiger partial charge in [0.2, 0.25) is 0 Å². The van der Waals surface area contributed by atoms with Gasteiger partial charge in [0.15, 0.2) is 5.96 Å². The molecule has 0 aromatic heterocycles. The summed E-state index contributed by atoms with van der Waals surface area (Å²) >= 11 is 6.12. The van der Waals surface area contributed by atoms with Gasteiger partial charge in [-0.1, -0.05) is 23.7 Å². The van der Waals surface area contributed by atoms with Crippen LogP contribution in [0.1, 0.15) is 11.7 Å². The molecule has 1 atom stereocenters. The minimum atomic E-state index is -0.316. The number of rotatable bonds is 5. The first kappa shape index (κ1) is 17.5. The molecular weight excluding hydrogens is 340 g/mol. The molecule has 0 fully saturated rings. The van der Waals surface area contributed by atoms with Crippen molar-refractivity contribution >= 4 is 23.2 Å². The molecule has 1 unspecified atom stereocenters. The van der Waals surface area contributed by atoms with E-state index in [1.165, 1.54) is 0 Å². The van der Waals surface area contributed by atoms with Gasteiger partial charge in [-0.25, -0.2) is 4.99 Å². The highest BCUT2D eigenvalue weighted by Crippen LogP contribution is 2.38. The fraction of sp³-hybridized carbons (Fsp3) is 0.278. The SMILES string of the molecule is COCCOc1cc(Cl)ccc1-c1ccc2c(c1)N=C(N)N(C)C2N. The van der Waals surface area contributed by atoms with Gasteiger partial charge >= 0.3 is 0 Å². The normalized spacial score (nSPS) is 16.4. The molecule has 0 aliphatic carbocycles. The molecule has 1 aliphatic heterocycles. The molecule has 132 valence electrons. The molecule has 0 amide bonds. The zero-order valence-corrected chi connectivity index (χ0v) is 15.0. The molecule has 7 heteroatoms. The summed E-state index contributed by atoms with van der Waals surface area (Å²) in [5.74, 6) is 1.09. The Morgan fingerprint density at radius 2 is 2.00 bits per heavy atom. The van der Waals surface area contributed by atoms with Crippen molar-refractivity contribution in [3.05, 3.63) is 47.0 Å². The second kappa shape index (κ2) is 7.31. The second-order valence-electron chi connectivity index (χ2n) is 5.78. The lowest BCUT2D eigenvalue weighted by molar-refractivity contribution is 0.146. The van der Waals surface area contributed by atoms with Crippen molar-refractivity contribution in [3.63, 3.8) is 0 Å².